The van der Waals surface area contributed by atoms with Crippen molar-refractivity contribution in [2.24, 2.45) is 0 Å². The van der Waals surface area contributed by atoms with Crippen molar-refractivity contribution in [1.82, 2.24) is 5.32 Å². The predicted molar refractivity (Wildman–Crippen MR) is 69.5 cm³/mol. The van der Waals surface area contributed by atoms with Gasteiger partial charge >= 0.3 is 5.97 Å². The van der Waals surface area contributed by atoms with Crippen molar-refractivity contribution in [2.45, 2.75) is 18.7 Å². The molecule has 0 bridgehead atoms. The summed E-state index contributed by atoms with van der Waals surface area (Å²) in [5.41, 5.74) is 0.991. The fraction of sp³-hybridized carbons (Fsp3) is 0.333. The van der Waals surface area contributed by atoms with Crippen LogP contribution in [-0.2, 0) is 15.3 Å². The van der Waals surface area contributed by atoms with E-state index in [0.717, 1.165) is 5.56 Å². The molecule has 0 aromatic heterocycles. The van der Waals surface area contributed by atoms with Gasteiger partial charge in [-0.05, 0) is 17.7 Å². The van der Waals surface area contributed by atoms with E-state index in [9.17, 15) is 9.59 Å². The highest BCUT2D eigenvalue weighted by Gasteiger charge is 2.17. The lowest BCUT2D eigenvalue weighted by atomic mass is 10.2. The maximum absolute atomic E-state index is 10.9. The average Bonchev–Trinajstić information content (AvgIpc) is 2.29. The molecular weight excluding hydrogens is 254 g/mol. The Morgan fingerprint density at radius 1 is 1.33 bits per heavy atom. The van der Waals surface area contributed by atoms with E-state index in [4.69, 9.17) is 10.2 Å². The molecule has 1 rings (SSSR count). The first kappa shape index (κ1) is 14.4. The summed E-state index contributed by atoms with van der Waals surface area (Å²) in [5, 5.41) is 20.4. The summed E-state index contributed by atoms with van der Waals surface area (Å²) in [7, 11) is 0. The number of phenolic OH excluding ortho intramolecular Hbond substituents is 1. The van der Waals surface area contributed by atoms with Gasteiger partial charge in [0.05, 0.1) is 0 Å². The molecule has 5 nitrogen and oxygen atoms in total. The van der Waals surface area contributed by atoms with Crippen molar-refractivity contribution < 1.29 is 19.8 Å². The summed E-state index contributed by atoms with van der Waals surface area (Å²) in [4.78, 5) is 21.7. The van der Waals surface area contributed by atoms with Crippen LogP contribution in [0.1, 0.15) is 12.5 Å². The number of carboxylic acid groups (broad SMARTS) is 1. The number of rotatable bonds is 6. The third-order valence-electron chi connectivity index (χ3n) is 2.17. The summed E-state index contributed by atoms with van der Waals surface area (Å²) in [5.74, 6) is -0.263. The van der Waals surface area contributed by atoms with E-state index in [2.05, 4.69) is 5.32 Å². The van der Waals surface area contributed by atoms with Crippen LogP contribution >= 0.6 is 11.8 Å². The van der Waals surface area contributed by atoms with Crippen LogP contribution in [0.3, 0.4) is 0 Å². The third kappa shape index (κ3) is 5.09. The molecule has 0 spiro atoms. The van der Waals surface area contributed by atoms with Crippen molar-refractivity contribution in [1.29, 1.82) is 0 Å². The normalized spacial score (nSPS) is 11.8. The monoisotopic (exact) mass is 269 g/mol. The van der Waals surface area contributed by atoms with E-state index in [1.165, 1.54) is 18.7 Å². The molecule has 3 N–H and O–H groups in total. The fourth-order valence-electron chi connectivity index (χ4n) is 1.31. The smallest absolute Gasteiger partial charge is 0.327 e. The van der Waals surface area contributed by atoms with Crippen LogP contribution in [0.2, 0.25) is 0 Å². The van der Waals surface area contributed by atoms with Crippen molar-refractivity contribution in [3.05, 3.63) is 29.8 Å². The van der Waals surface area contributed by atoms with Crippen LogP contribution in [0.4, 0.5) is 0 Å². The summed E-state index contributed by atoms with van der Waals surface area (Å²) in [6.07, 6.45) is 0. The minimum atomic E-state index is -1.04. The Morgan fingerprint density at radius 2 is 1.94 bits per heavy atom. The molecular formula is C12H15NO4S. The largest absolute Gasteiger partial charge is 0.508 e. The molecule has 1 unspecified atom stereocenters. The van der Waals surface area contributed by atoms with Crippen LogP contribution in [-0.4, -0.2) is 33.9 Å². The Labute approximate surface area is 109 Å². The summed E-state index contributed by atoms with van der Waals surface area (Å²) >= 11 is 1.41. The molecule has 0 heterocycles. The van der Waals surface area contributed by atoms with Gasteiger partial charge in [0.1, 0.15) is 11.8 Å². The lowest BCUT2D eigenvalue weighted by molar-refractivity contribution is -0.140. The predicted octanol–water partition coefficient (Wildman–Crippen LogP) is 1.21. The van der Waals surface area contributed by atoms with Crippen molar-refractivity contribution in [2.75, 3.05) is 5.75 Å². The van der Waals surface area contributed by atoms with Gasteiger partial charge in [0.2, 0.25) is 5.91 Å². The first-order valence-electron chi connectivity index (χ1n) is 5.34. The summed E-state index contributed by atoms with van der Waals surface area (Å²) in [6, 6.07) is 5.84. The van der Waals surface area contributed by atoms with Crippen LogP contribution in [0.25, 0.3) is 0 Å². The van der Waals surface area contributed by atoms with Gasteiger partial charge in [-0.2, -0.15) is 11.8 Å². The van der Waals surface area contributed by atoms with Gasteiger partial charge in [-0.15, -0.1) is 0 Å². The van der Waals surface area contributed by atoms with Crippen LogP contribution in [0, 0.1) is 0 Å². The first-order valence-corrected chi connectivity index (χ1v) is 6.50. The van der Waals surface area contributed by atoms with Gasteiger partial charge in [-0.25, -0.2) is 4.79 Å². The molecule has 98 valence electrons. The van der Waals surface area contributed by atoms with E-state index >= 15 is 0 Å². The molecule has 0 saturated heterocycles. The van der Waals surface area contributed by atoms with Gasteiger partial charge in [0.15, 0.2) is 0 Å². The zero-order valence-electron chi connectivity index (χ0n) is 9.92. The van der Waals surface area contributed by atoms with Crippen LogP contribution in [0.5, 0.6) is 5.75 Å². The van der Waals surface area contributed by atoms with Gasteiger partial charge < -0.3 is 15.5 Å². The van der Waals surface area contributed by atoms with Gasteiger partial charge in [0.25, 0.3) is 0 Å². The van der Waals surface area contributed by atoms with Crippen LogP contribution in [0.15, 0.2) is 24.3 Å². The van der Waals surface area contributed by atoms with Crippen LogP contribution < -0.4 is 5.32 Å². The van der Waals surface area contributed by atoms with Crippen molar-refractivity contribution >= 4 is 23.6 Å². The lowest BCUT2D eigenvalue weighted by Crippen LogP contribution is -2.41. The van der Waals surface area contributed by atoms with Gasteiger partial charge in [-0.3, -0.25) is 4.79 Å². The van der Waals surface area contributed by atoms with Crippen molar-refractivity contribution in [3.8, 4) is 5.75 Å². The number of carbonyl (C=O) groups is 2. The molecule has 0 saturated carbocycles. The maximum Gasteiger partial charge on any atom is 0.327 e. The quantitative estimate of drug-likeness (QED) is 0.722. The minimum absolute atomic E-state index is 0.199. The zero-order chi connectivity index (χ0) is 13.5. The molecule has 0 aliphatic rings. The van der Waals surface area contributed by atoms with E-state index in [0.29, 0.717) is 11.5 Å². The number of phenols is 1. The first-order chi connectivity index (χ1) is 8.49. The SMILES string of the molecule is CC(=O)NC(CSCc1ccc(O)cc1)C(=O)O. The number of carbonyl (C=O) groups excluding carboxylic acids is 1. The number of aromatic hydroxyl groups is 1. The molecule has 18 heavy (non-hydrogen) atoms. The highest BCUT2D eigenvalue weighted by Crippen LogP contribution is 2.16. The second-order valence-electron chi connectivity index (χ2n) is 3.77. The molecule has 0 fully saturated rings. The Morgan fingerprint density at radius 3 is 2.44 bits per heavy atom. The third-order valence-corrected chi connectivity index (χ3v) is 3.27. The number of thioether (sulfide) groups is 1. The highest BCUT2D eigenvalue weighted by molar-refractivity contribution is 7.98. The number of aliphatic carboxylic acids is 1. The topological polar surface area (TPSA) is 86.6 Å². The Balaban J connectivity index is 2.41. The van der Waals surface area contributed by atoms with Gasteiger partial charge in [0, 0.05) is 18.4 Å². The Kier molecular flexibility index (Phi) is 5.51. The lowest BCUT2D eigenvalue weighted by Gasteiger charge is -2.12. The minimum Gasteiger partial charge on any atom is -0.508 e. The fourth-order valence-corrected chi connectivity index (χ4v) is 2.31. The molecule has 1 amide bonds. The number of nitrogens with one attached hydrogen (secondary N) is 1. The Bertz CT molecular complexity index is 419. The Hall–Kier alpha value is -1.69. The van der Waals surface area contributed by atoms with E-state index in [1.807, 2.05) is 0 Å². The number of benzene rings is 1. The number of hydrogen-bond acceptors (Lipinski definition) is 4. The van der Waals surface area contributed by atoms with E-state index in [1.54, 1.807) is 24.3 Å². The number of carboxylic acids is 1. The molecule has 0 aliphatic carbocycles. The standard InChI is InChI=1S/C12H15NO4S/c1-8(14)13-11(12(16)17)7-18-6-9-2-4-10(15)5-3-9/h2-5,11,15H,6-7H2,1H3,(H,13,14)(H,16,17). The molecule has 1 aromatic rings. The van der Waals surface area contributed by atoms with Crippen molar-refractivity contribution in [3.63, 3.8) is 0 Å². The summed E-state index contributed by atoms with van der Waals surface area (Å²) in [6.45, 7) is 1.29. The highest BCUT2D eigenvalue weighted by atomic mass is 32.2. The summed E-state index contributed by atoms with van der Waals surface area (Å²) < 4.78 is 0. The molecule has 1 atom stereocenters. The molecule has 0 radical (unpaired) electrons. The average molecular weight is 269 g/mol. The molecule has 0 aliphatic heterocycles. The molecule has 6 heteroatoms. The number of amides is 1. The van der Waals surface area contributed by atoms with Gasteiger partial charge in [-0.1, -0.05) is 12.1 Å². The molecule has 1 aromatic carbocycles. The van der Waals surface area contributed by atoms with E-state index < -0.39 is 12.0 Å². The second kappa shape index (κ2) is 6.90. The zero-order valence-corrected chi connectivity index (χ0v) is 10.7. The second-order valence-corrected chi connectivity index (χ2v) is 4.80. The van der Waals surface area contributed by atoms with E-state index in [-0.39, 0.29) is 11.7 Å². The maximum atomic E-state index is 10.9. The number of hydrogen-bond donors (Lipinski definition) is 3.